The van der Waals surface area contributed by atoms with Crippen molar-refractivity contribution in [1.29, 1.82) is 0 Å². The Morgan fingerprint density at radius 2 is 2.08 bits per heavy atom. The molecule has 0 fully saturated rings. The molecule has 2 N–H and O–H groups in total. The standard InChI is InChI=1S/C16H15BrN4O4/c1-10-4-2-3-5-14(10)18-9-15(22)20-19-8-11-6-12(21(24)25)7-13(17)16(11)23/h2-8,18,23H,9H2,1H3,(H,20,22)/p-1/b19-8-. The van der Waals surface area contributed by atoms with Crippen LogP contribution in [0.5, 0.6) is 5.75 Å². The van der Waals surface area contributed by atoms with Gasteiger partial charge in [0.1, 0.15) is 0 Å². The normalized spacial score (nSPS) is 10.6. The molecular weight excluding hydrogens is 392 g/mol. The SMILES string of the molecule is Cc1ccccc1NCC(=O)N/N=C\c1cc([N+](=O)[O-])cc(Br)c1[O-]. The molecule has 9 heteroatoms. The van der Waals surface area contributed by atoms with Crippen molar-refractivity contribution in [2.45, 2.75) is 6.92 Å². The van der Waals surface area contributed by atoms with E-state index in [0.29, 0.717) is 0 Å². The number of nitrogens with zero attached hydrogens (tertiary/aromatic N) is 2. The largest absolute Gasteiger partial charge is 0.871 e. The molecule has 1 amide bonds. The van der Waals surface area contributed by atoms with Crippen LogP contribution >= 0.6 is 15.9 Å². The van der Waals surface area contributed by atoms with Crippen molar-refractivity contribution < 1.29 is 14.8 Å². The number of para-hydroxylation sites is 1. The van der Waals surface area contributed by atoms with Gasteiger partial charge in [0, 0.05) is 22.3 Å². The summed E-state index contributed by atoms with van der Waals surface area (Å²) in [5.74, 6) is -0.877. The number of hydrogen-bond donors (Lipinski definition) is 2. The molecule has 130 valence electrons. The van der Waals surface area contributed by atoms with Gasteiger partial charge < -0.3 is 10.4 Å². The minimum Gasteiger partial charge on any atom is -0.871 e. The minimum absolute atomic E-state index is 0.00626. The van der Waals surface area contributed by atoms with E-state index in [2.05, 4.69) is 31.8 Å². The molecule has 0 atom stereocenters. The molecule has 0 saturated heterocycles. The number of hydrogen-bond acceptors (Lipinski definition) is 6. The molecule has 2 rings (SSSR count). The van der Waals surface area contributed by atoms with Crippen LogP contribution in [0.25, 0.3) is 0 Å². The molecule has 0 aliphatic heterocycles. The fourth-order valence-electron chi connectivity index (χ4n) is 1.96. The third-order valence-corrected chi connectivity index (χ3v) is 3.83. The molecule has 0 bridgehead atoms. The highest BCUT2D eigenvalue weighted by molar-refractivity contribution is 9.10. The van der Waals surface area contributed by atoms with Gasteiger partial charge in [0.2, 0.25) is 0 Å². The number of anilines is 1. The average molecular weight is 406 g/mol. The van der Waals surface area contributed by atoms with Gasteiger partial charge in [-0.3, -0.25) is 14.9 Å². The first-order valence-corrected chi connectivity index (χ1v) is 7.94. The summed E-state index contributed by atoms with van der Waals surface area (Å²) >= 11 is 2.97. The summed E-state index contributed by atoms with van der Waals surface area (Å²) in [6.45, 7) is 1.90. The second-order valence-corrected chi connectivity index (χ2v) is 5.92. The number of rotatable bonds is 6. The number of amides is 1. The summed E-state index contributed by atoms with van der Waals surface area (Å²) in [6.07, 6.45) is 1.08. The van der Waals surface area contributed by atoms with Gasteiger partial charge in [-0.25, -0.2) is 5.43 Å². The van der Waals surface area contributed by atoms with Crippen molar-refractivity contribution >= 4 is 39.4 Å². The van der Waals surface area contributed by atoms with Crippen LogP contribution in [0.15, 0.2) is 46.0 Å². The van der Waals surface area contributed by atoms with E-state index in [9.17, 15) is 20.0 Å². The molecular formula is C16H14BrN4O4-. The lowest BCUT2D eigenvalue weighted by molar-refractivity contribution is -0.385. The second-order valence-electron chi connectivity index (χ2n) is 5.06. The lowest BCUT2D eigenvalue weighted by Gasteiger charge is -2.12. The number of nitrogens with one attached hydrogen (secondary N) is 2. The van der Waals surface area contributed by atoms with Crippen molar-refractivity contribution in [3.05, 3.63) is 62.1 Å². The van der Waals surface area contributed by atoms with Gasteiger partial charge in [-0.05, 0) is 24.1 Å². The molecule has 8 nitrogen and oxygen atoms in total. The van der Waals surface area contributed by atoms with Crippen LogP contribution in [0.1, 0.15) is 11.1 Å². The lowest BCUT2D eigenvalue weighted by Crippen LogP contribution is -2.26. The van der Waals surface area contributed by atoms with E-state index in [1.54, 1.807) is 0 Å². The molecule has 2 aromatic carbocycles. The van der Waals surface area contributed by atoms with Crippen molar-refractivity contribution in [1.82, 2.24) is 5.43 Å². The number of hydrazone groups is 1. The first-order chi connectivity index (χ1) is 11.9. The molecule has 0 aliphatic rings. The molecule has 0 aromatic heterocycles. The lowest BCUT2D eigenvalue weighted by atomic mass is 10.2. The fraction of sp³-hybridized carbons (Fsp3) is 0.125. The smallest absolute Gasteiger partial charge is 0.271 e. The van der Waals surface area contributed by atoms with E-state index in [1.807, 2.05) is 31.2 Å². The summed E-state index contributed by atoms with van der Waals surface area (Å²) in [6, 6.07) is 9.70. The highest BCUT2D eigenvalue weighted by atomic mass is 79.9. The topological polar surface area (TPSA) is 120 Å². The van der Waals surface area contributed by atoms with E-state index in [0.717, 1.165) is 29.6 Å². The zero-order valence-electron chi connectivity index (χ0n) is 13.2. The highest BCUT2D eigenvalue weighted by Crippen LogP contribution is 2.29. The van der Waals surface area contributed by atoms with Crippen LogP contribution in [0.4, 0.5) is 11.4 Å². The van der Waals surface area contributed by atoms with Gasteiger partial charge >= 0.3 is 0 Å². The van der Waals surface area contributed by atoms with Gasteiger partial charge in [0.05, 0.1) is 17.7 Å². The highest BCUT2D eigenvalue weighted by Gasteiger charge is 2.09. The Balaban J connectivity index is 1.97. The molecule has 0 spiro atoms. The van der Waals surface area contributed by atoms with Gasteiger partial charge in [-0.2, -0.15) is 5.10 Å². The predicted molar refractivity (Wildman–Crippen MR) is 95.6 cm³/mol. The van der Waals surface area contributed by atoms with Crippen LogP contribution in [-0.4, -0.2) is 23.6 Å². The maximum atomic E-state index is 11.9. The maximum absolute atomic E-state index is 11.9. The van der Waals surface area contributed by atoms with Crippen molar-refractivity contribution in [2.24, 2.45) is 5.10 Å². The fourth-order valence-corrected chi connectivity index (χ4v) is 2.42. The Hall–Kier alpha value is -2.94. The van der Waals surface area contributed by atoms with E-state index < -0.39 is 16.6 Å². The molecule has 0 heterocycles. The Morgan fingerprint density at radius 3 is 2.76 bits per heavy atom. The van der Waals surface area contributed by atoms with Gasteiger partial charge in [-0.1, -0.05) is 39.9 Å². The first-order valence-electron chi connectivity index (χ1n) is 7.15. The number of halogens is 1. The number of aryl methyl sites for hydroxylation is 1. The number of nitro groups is 1. The van der Waals surface area contributed by atoms with Crippen molar-refractivity contribution in [3.63, 3.8) is 0 Å². The van der Waals surface area contributed by atoms with Gasteiger partial charge in [0.25, 0.3) is 11.6 Å². The van der Waals surface area contributed by atoms with Crippen molar-refractivity contribution in [2.75, 3.05) is 11.9 Å². The number of nitro benzene ring substituents is 1. The van der Waals surface area contributed by atoms with Crippen LogP contribution < -0.4 is 15.8 Å². The summed E-state index contributed by atoms with van der Waals surface area (Å²) in [7, 11) is 0. The molecule has 25 heavy (non-hydrogen) atoms. The number of non-ortho nitro benzene ring substituents is 1. The van der Waals surface area contributed by atoms with Gasteiger partial charge in [-0.15, -0.1) is 0 Å². The summed E-state index contributed by atoms with van der Waals surface area (Å²) < 4.78 is 0.0516. The van der Waals surface area contributed by atoms with Crippen molar-refractivity contribution in [3.8, 4) is 5.75 Å². The molecule has 0 saturated carbocycles. The minimum atomic E-state index is -0.619. The second kappa shape index (κ2) is 8.25. The van der Waals surface area contributed by atoms with Crippen LogP contribution in [0.3, 0.4) is 0 Å². The van der Waals surface area contributed by atoms with Gasteiger partial charge in [0.15, 0.2) is 0 Å². The Labute approximate surface area is 151 Å². The van der Waals surface area contributed by atoms with E-state index in [4.69, 9.17) is 0 Å². The van der Waals surface area contributed by atoms with E-state index >= 15 is 0 Å². The van der Waals surface area contributed by atoms with Crippen LogP contribution in [0.2, 0.25) is 0 Å². The summed E-state index contributed by atoms with van der Waals surface area (Å²) in [5.41, 5.74) is 3.83. The number of benzene rings is 2. The molecule has 0 aliphatic carbocycles. The zero-order chi connectivity index (χ0) is 18.4. The monoisotopic (exact) mass is 405 g/mol. The first kappa shape index (κ1) is 18.4. The third-order valence-electron chi connectivity index (χ3n) is 3.25. The Bertz CT molecular complexity index is 839. The predicted octanol–water partition coefficient (Wildman–Crippen LogP) is 2.30. The Kier molecular flexibility index (Phi) is 6.07. The van der Waals surface area contributed by atoms with E-state index in [1.165, 1.54) is 0 Å². The van der Waals surface area contributed by atoms with Crippen LogP contribution in [0, 0.1) is 17.0 Å². The third kappa shape index (κ3) is 5.01. The molecule has 0 unspecified atom stereocenters. The zero-order valence-corrected chi connectivity index (χ0v) is 14.7. The number of carbonyl (C=O) groups is 1. The molecule has 2 aromatic rings. The van der Waals surface area contributed by atoms with Crippen LogP contribution in [-0.2, 0) is 4.79 Å². The quantitative estimate of drug-likeness (QED) is 0.433. The summed E-state index contributed by atoms with van der Waals surface area (Å²) in [4.78, 5) is 21.9. The number of carbonyl (C=O) groups excluding carboxylic acids is 1. The maximum Gasteiger partial charge on any atom is 0.271 e. The molecule has 0 radical (unpaired) electrons. The summed E-state index contributed by atoms with van der Waals surface area (Å²) in [5, 5.41) is 29.3. The Morgan fingerprint density at radius 1 is 1.36 bits per heavy atom. The van der Waals surface area contributed by atoms with E-state index in [-0.39, 0.29) is 22.3 Å². The average Bonchev–Trinajstić information content (AvgIpc) is 2.57.